The maximum absolute atomic E-state index is 10.9. The van der Waals surface area contributed by atoms with E-state index < -0.39 is 5.91 Å². The van der Waals surface area contributed by atoms with Crippen molar-refractivity contribution in [3.8, 4) is 0 Å². The van der Waals surface area contributed by atoms with Crippen molar-refractivity contribution in [3.05, 3.63) is 41.6 Å². The van der Waals surface area contributed by atoms with E-state index in [0.29, 0.717) is 17.3 Å². The topological polar surface area (TPSA) is 107 Å². The average molecular weight is 243 g/mol. The summed E-state index contributed by atoms with van der Waals surface area (Å²) in [4.78, 5) is 19.2. The second kappa shape index (κ2) is 4.70. The highest BCUT2D eigenvalue weighted by Crippen LogP contribution is 2.15. The fraction of sp³-hybridized carbons (Fsp3) is 0.0833. The summed E-state index contributed by atoms with van der Waals surface area (Å²) in [7, 11) is 0. The van der Waals surface area contributed by atoms with Crippen LogP contribution < -0.4 is 16.8 Å². The molecule has 18 heavy (non-hydrogen) atoms. The Hall–Kier alpha value is -2.63. The highest BCUT2D eigenvalue weighted by Gasteiger charge is 2.02. The number of hydrogen-bond donors (Lipinski definition) is 3. The zero-order valence-corrected chi connectivity index (χ0v) is 9.84. The van der Waals surface area contributed by atoms with Crippen molar-refractivity contribution >= 4 is 23.4 Å². The maximum atomic E-state index is 10.9. The second-order valence-corrected chi connectivity index (χ2v) is 3.82. The van der Waals surface area contributed by atoms with Crippen LogP contribution in [0.25, 0.3) is 0 Å². The number of rotatable bonds is 3. The second-order valence-electron chi connectivity index (χ2n) is 3.82. The van der Waals surface area contributed by atoms with E-state index in [2.05, 4.69) is 15.3 Å². The molecule has 1 amide bonds. The lowest BCUT2D eigenvalue weighted by atomic mass is 10.2. The van der Waals surface area contributed by atoms with Gasteiger partial charge in [0.2, 0.25) is 11.9 Å². The first-order chi connectivity index (χ1) is 8.54. The van der Waals surface area contributed by atoms with E-state index in [0.717, 1.165) is 11.4 Å². The molecule has 1 heterocycles. The molecule has 2 aromatic rings. The first-order valence-electron chi connectivity index (χ1n) is 5.32. The Morgan fingerprint density at radius 3 is 2.44 bits per heavy atom. The Balaban J connectivity index is 2.20. The fourth-order valence-corrected chi connectivity index (χ4v) is 1.50. The van der Waals surface area contributed by atoms with Gasteiger partial charge in [-0.25, -0.2) is 4.98 Å². The van der Waals surface area contributed by atoms with Crippen molar-refractivity contribution in [2.75, 3.05) is 11.1 Å². The van der Waals surface area contributed by atoms with Gasteiger partial charge in [-0.2, -0.15) is 4.98 Å². The van der Waals surface area contributed by atoms with Gasteiger partial charge in [-0.3, -0.25) is 4.79 Å². The number of nitrogens with zero attached hydrogens (tertiary/aromatic N) is 2. The summed E-state index contributed by atoms with van der Waals surface area (Å²) in [6.45, 7) is 1.83. The molecule has 5 N–H and O–H groups in total. The number of nitrogens with two attached hydrogens (primary N) is 2. The van der Waals surface area contributed by atoms with Crippen molar-refractivity contribution in [1.29, 1.82) is 0 Å². The van der Waals surface area contributed by atoms with Gasteiger partial charge in [-0.1, -0.05) is 0 Å². The minimum Gasteiger partial charge on any atom is -0.384 e. The van der Waals surface area contributed by atoms with Gasteiger partial charge in [0.25, 0.3) is 0 Å². The van der Waals surface area contributed by atoms with Gasteiger partial charge in [0.1, 0.15) is 5.82 Å². The molecule has 0 saturated heterocycles. The number of anilines is 3. The van der Waals surface area contributed by atoms with E-state index >= 15 is 0 Å². The lowest BCUT2D eigenvalue weighted by molar-refractivity contribution is 0.100. The van der Waals surface area contributed by atoms with E-state index in [1.54, 1.807) is 30.3 Å². The van der Waals surface area contributed by atoms with Crippen LogP contribution in [0.5, 0.6) is 0 Å². The molecule has 92 valence electrons. The first-order valence-corrected chi connectivity index (χ1v) is 5.32. The molecule has 6 heteroatoms. The summed E-state index contributed by atoms with van der Waals surface area (Å²) >= 11 is 0. The summed E-state index contributed by atoms with van der Waals surface area (Å²) in [5, 5.41) is 3.00. The van der Waals surface area contributed by atoms with Crippen LogP contribution in [0.1, 0.15) is 16.1 Å². The smallest absolute Gasteiger partial charge is 0.248 e. The SMILES string of the molecule is Cc1cc(N)nc(Nc2ccc(C(N)=O)cc2)n1. The Bertz CT molecular complexity index is 559. The van der Waals surface area contributed by atoms with Gasteiger partial charge in [-0.05, 0) is 31.2 Å². The van der Waals surface area contributed by atoms with E-state index in [4.69, 9.17) is 11.5 Å². The Labute approximate surface area is 104 Å². The molecule has 1 aromatic heterocycles. The van der Waals surface area contributed by atoms with Crippen LogP contribution in [0.2, 0.25) is 0 Å². The normalized spacial score (nSPS) is 10.1. The number of benzene rings is 1. The Morgan fingerprint density at radius 1 is 1.22 bits per heavy atom. The number of carbonyl (C=O) groups is 1. The van der Waals surface area contributed by atoms with Gasteiger partial charge in [0.05, 0.1) is 0 Å². The maximum Gasteiger partial charge on any atom is 0.248 e. The van der Waals surface area contributed by atoms with Crippen LogP contribution in [0.4, 0.5) is 17.5 Å². The minimum absolute atomic E-state index is 0.402. The van der Waals surface area contributed by atoms with Crippen molar-refractivity contribution < 1.29 is 4.79 Å². The number of primary amides is 1. The van der Waals surface area contributed by atoms with E-state index in [9.17, 15) is 4.79 Å². The number of aromatic nitrogens is 2. The standard InChI is InChI=1S/C12H13N5O/c1-7-6-10(13)17-12(15-7)16-9-4-2-8(3-5-9)11(14)18/h2-6H,1H3,(H2,14,18)(H3,13,15,16,17). The monoisotopic (exact) mass is 243 g/mol. The molecule has 0 atom stereocenters. The molecule has 0 aliphatic heterocycles. The third-order valence-corrected chi connectivity index (χ3v) is 2.30. The summed E-state index contributed by atoms with van der Waals surface area (Å²) in [6, 6.07) is 8.39. The van der Waals surface area contributed by atoms with E-state index in [1.165, 1.54) is 0 Å². The summed E-state index contributed by atoms with van der Waals surface area (Å²) in [6.07, 6.45) is 0. The highest BCUT2D eigenvalue weighted by atomic mass is 16.1. The van der Waals surface area contributed by atoms with Crippen LogP contribution in [-0.2, 0) is 0 Å². The summed E-state index contributed by atoms with van der Waals surface area (Å²) in [5.41, 5.74) is 12.8. The average Bonchev–Trinajstić information content (AvgIpc) is 2.28. The van der Waals surface area contributed by atoms with Gasteiger partial charge >= 0.3 is 0 Å². The molecule has 0 aliphatic rings. The molecule has 0 fully saturated rings. The Kier molecular flexibility index (Phi) is 3.09. The van der Waals surface area contributed by atoms with Crippen LogP contribution in [0, 0.1) is 6.92 Å². The molecule has 2 rings (SSSR count). The van der Waals surface area contributed by atoms with Crippen molar-refractivity contribution in [1.82, 2.24) is 9.97 Å². The summed E-state index contributed by atoms with van der Waals surface area (Å²) < 4.78 is 0. The quantitative estimate of drug-likeness (QED) is 0.751. The molecular formula is C12H13N5O. The molecule has 0 aliphatic carbocycles. The Morgan fingerprint density at radius 2 is 1.89 bits per heavy atom. The van der Waals surface area contributed by atoms with Crippen molar-refractivity contribution in [3.63, 3.8) is 0 Å². The zero-order valence-electron chi connectivity index (χ0n) is 9.84. The van der Waals surface area contributed by atoms with Gasteiger partial charge < -0.3 is 16.8 Å². The van der Waals surface area contributed by atoms with E-state index in [1.807, 2.05) is 6.92 Å². The van der Waals surface area contributed by atoms with Crippen molar-refractivity contribution in [2.45, 2.75) is 6.92 Å². The highest BCUT2D eigenvalue weighted by molar-refractivity contribution is 5.93. The van der Waals surface area contributed by atoms with Crippen LogP contribution in [0.15, 0.2) is 30.3 Å². The number of aryl methyl sites for hydroxylation is 1. The van der Waals surface area contributed by atoms with Gasteiger partial charge in [0, 0.05) is 23.0 Å². The lowest BCUT2D eigenvalue weighted by Gasteiger charge is -2.06. The van der Waals surface area contributed by atoms with Gasteiger partial charge in [-0.15, -0.1) is 0 Å². The molecule has 0 saturated carbocycles. The molecule has 0 spiro atoms. The zero-order chi connectivity index (χ0) is 13.1. The number of carbonyl (C=O) groups excluding carboxylic acids is 1. The fourth-order valence-electron chi connectivity index (χ4n) is 1.50. The van der Waals surface area contributed by atoms with Crippen LogP contribution in [-0.4, -0.2) is 15.9 Å². The predicted molar refractivity (Wildman–Crippen MR) is 69.4 cm³/mol. The molecule has 1 aromatic carbocycles. The molecule has 6 nitrogen and oxygen atoms in total. The van der Waals surface area contributed by atoms with Crippen LogP contribution >= 0.6 is 0 Å². The lowest BCUT2D eigenvalue weighted by Crippen LogP contribution is -2.10. The summed E-state index contributed by atoms with van der Waals surface area (Å²) in [5.74, 6) is 0.357. The first kappa shape index (κ1) is 11.8. The molecule has 0 unspecified atom stereocenters. The molecular weight excluding hydrogens is 230 g/mol. The number of nitrogen functional groups attached to an aromatic ring is 1. The number of nitrogens with one attached hydrogen (secondary N) is 1. The third kappa shape index (κ3) is 2.73. The van der Waals surface area contributed by atoms with Crippen LogP contribution in [0.3, 0.4) is 0 Å². The van der Waals surface area contributed by atoms with E-state index in [-0.39, 0.29) is 0 Å². The molecule has 0 radical (unpaired) electrons. The minimum atomic E-state index is -0.461. The predicted octanol–water partition coefficient (Wildman–Crippen LogP) is 1.21. The number of hydrogen-bond acceptors (Lipinski definition) is 5. The molecule has 0 bridgehead atoms. The number of amides is 1. The largest absolute Gasteiger partial charge is 0.384 e. The van der Waals surface area contributed by atoms with Gasteiger partial charge in [0.15, 0.2) is 0 Å². The van der Waals surface area contributed by atoms with Crippen molar-refractivity contribution in [2.24, 2.45) is 5.73 Å². The third-order valence-electron chi connectivity index (χ3n) is 2.30.